The smallest absolute Gasteiger partial charge is 0.173 e. The molecule has 110 valence electrons. The molecule has 0 bridgehead atoms. The molecule has 2 aromatic carbocycles. The van der Waals surface area contributed by atoms with Crippen molar-refractivity contribution in [3.63, 3.8) is 0 Å². The van der Waals surface area contributed by atoms with Gasteiger partial charge in [-0.3, -0.25) is 4.79 Å². The second kappa shape index (κ2) is 7.38. The van der Waals surface area contributed by atoms with Gasteiger partial charge in [0.1, 0.15) is 0 Å². The molecule has 5 heteroatoms. The van der Waals surface area contributed by atoms with Gasteiger partial charge >= 0.3 is 0 Å². The first-order chi connectivity index (χ1) is 10.1. The molecule has 0 aliphatic heterocycles. The van der Waals surface area contributed by atoms with Gasteiger partial charge in [0, 0.05) is 15.5 Å². The molecule has 0 aromatic heterocycles. The number of carbonyl (C=O) groups is 1. The zero-order valence-electron chi connectivity index (χ0n) is 11.8. The first-order valence-corrected chi connectivity index (χ1v) is 7.64. The Morgan fingerprint density at radius 1 is 1.10 bits per heavy atom. The molecule has 0 N–H and O–H groups in total. The van der Waals surface area contributed by atoms with Crippen LogP contribution in [0.3, 0.4) is 0 Å². The normalized spacial score (nSPS) is 10.2. The van der Waals surface area contributed by atoms with Crippen LogP contribution < -0.4 is 9.47 Å². The number of Topliss-reactive ketones (excluding diaryl/α,β-unsaturated/α-hetero) is 1. The maximum atomic E-state index is 12.1. The van der Waals surface area contributed by atoms with Crippen LogP contribution in [0.1, 0.15) is 10.4 Å². The fraction of sp³-hybridized carbons (Fsp3) is 0.188. The van der Waals surface area contributed by atoms with E-state index in [1.54, 1.807) is 38.5 Å². The van der Waals surface area contributed by atoms with Crippen molar-refractivity contribution in [1.82, 2.24) is 0 Å². The van der Waals surface area contributed by atoms with Crippen molar-refractivity contribution in [1.29, 1.82) is 0 Å². The number of halogens is 1. The van der Waals surface area contributed by atoms with E-state index in [1.807, 2.05) is 18.2 Å². The number of rotatable bonds is 6. The van der Waals surface area contributed by atoms with E-state index in [9.17, 15) is 4.79 Å². The Kier molecular flexibility index (Phi) is 5.53. The van der Waals surface area contributed by atoms with E-state index in [-0.39, 0.29) is 5.78 Å². The zero-order chi connectivity index (χ0) is 15.2. The molecule has 0 aliphatic rings. The molecule has 3 nitrogen and oxygen atoms in total. The van der Waals surface area contributed by atoms with Gasteiger partial charge < -0.3 is 9.47 Å². The Labute approximate surface area is 133 Å². The summed E-state index contributed by atoms with van der Waals surface area (Å²) in [5.41, 5.74) is 0.621. The molecule has 2 rings (SSSR count). The summed E-state index contributed by atoms with van der Waals surface area (Å²) in [6.45, 7) is 0. The third kappa shape index (κ3) is 4.16. The van der Waals surface area contributed by atoms with Crippen molar-refractivity contribution in [3.05, 3.63) is 53.1 Å². The van der Waals surface area contributed by atoms with Crippen molar-refractivity contribution in [3.8, 4) is 11.5 Å². The number of hydrogen-bond acceptors (Lipinski definition) is 4. The molecule has 0 fully saturated rings. The van der Waals surface area contributed by atoms with E-state index in [1.165, 1.54) is 11.8 Å². The number of ketones is 1. The average molecular weight is 323 g/mol. The van der Waals surface area contributed by atoms with Crippen molar-refractivity contribution in [2.75, 3.05) is 20.0 Å². The van der Waals surface area contributed by atoms with Gasteiger partial charge in [0.2, 0.25) is 0 Å². The summed E-state index contributed by atoms with van der Waals surface area (Å²) >= 11 is 7.34. The maximum Gasteiger partial charge on any atom is 0.173 e. The van der Waals surface area contributed by atoms with Gasteiger partial charge in [0.05, 0.1) is 20.0 Å². The van der Waals surface area contributed by atoms with Crippen LogP contribution >= 0.6 is 23.4 Å². The van der Waals surface area contributed by atoms with Crippen molar-refractivity contribution in [2.24, 2.45) is 0 Å². The Balaban J connectivity index is 2.04. The van der Waals surface area contributed by atoms with Gasteiger partial charge in [-0.05, 0) is 30.3 Å². The van der Waals surface area contributed by atoms with Crippen LogP contribution in [0.2, 0.25) is 5.02 Å². The van der Waals surface area contributed by atoms with E-state index in [0.29, 0.717) is 27.8 Å². The number of ether oxygens (including phenoxy) is 2. The first kappa shape index (κ1) is 15.7. The van der Waals surface area contributed by atoms with Gasteiger partial charge in [-0.2, -0.15) is 0 Å². The van der Waals surface area contributed by atoms with Gasteiger partial charge in [-0.1, -0.05) is 23.7 Å². The maximum absolute atomic E-state index is 12.1. The molecular weight excluding hydrogens is 308 g/mol. The third-order valence-corrected chi connectivity index (χ3v) is 4.10. The summed E-state index contributed by atoms with van der Waals surface area (Å²) < 4.78 is 10.4. The van der Waals surface area contributed by atoms with Crippen molar-refractivity contribution < 1.29 is 14.3 Å². The van der Waals surface area contributed by atoms with Crippen molar-refractivity contribution in [2.45, 2.75) is 4.90 Å². The lowest BCUT2D eigenvalue weighted by molar-refractivity contribution is 0.102. The van der Waals surface area contributed by atoms with E-state index < -0.39 is 0 Å². The third-order valence-electron chi connectivity index (χ3n) is 2.87. The lowest BCUT2D eigenvalue weighted by Gasteiger charge is -2.09. The van der Waals surface area contributed by atoms with Crippen LogP contribution in [0.15, 0.2) is 47.4 Å². The van der Waals surface area contributed by atoms with E-state index >= 15 is 0 Å². The Morgan fingerprint density at radius 3 is 2.52 bits per heavy atom. The number of thioether (sulfide) groups is 1. The number of carbonyl (C=O) groups excluding carboxylic acids is 1. The van der Waals surface area contributed by atoms with E-state index in [2.05, 4.69) is 0 Å². The molecule has 0 radical (unpaired) electrons. The van der Waals surface area contributed by atoms with Gasteiger partial charge in [-0.25, -0.2) is 0 Å². The Morgan fingerprint density at radius 2 is 1.86 bits per heavy atom. The van der Waals surface area contributed by atoms with Gasteiger partial charge in [-0.15, -0.1) is 11.8 Å². The quantitative estimate of drug-likeness (QED) is 0.585. The number of benzene rings is 2. The van der Waals surface area contributed by atoms with Gasteiger partial charge in [0.25, 0.3) is 0 Å². The molecule has 0 spiro atoms. The Hall–Kier alpha value is -1.65. The molecule has 0 saturated heterocycles. The Bertz CT molecular complexity index is 643. The molecule has 0 saturated carbocycles. The average Bonchev–Trinajstić information content (AvgIpc) is 2.52. The highest BCUT2D eigenvalue weighted by Gasteiger charge is 2.09. The minimum absolute atomic E-state index is 0.0392. The summed E-state index contributed by atoms with van der Waals surface area (Å²) in [7, 11) is 3.18. The van der Waals surface area contributed by atoms with Crippen LogP contribution in [0.4, 0.5) is 0 Å². The SMILES string of the molecule is COc1ccc(SCC(=O)c2cccc(Cl)c2)cc1OC. The molecule has 0 heterocycles. The summed E-state index contributed by atoms with van der Waals surface area (Å²) in [5, 5.41) is 0.567. The molecule has 0 atom stereocenters. The second-order valence-electron chi connectivity index (χ2n) is 4.24. The molecule has 0 aliphatic carbocycles. The van der Waals surface area contributed by atoms with Crippen LogP contribution in [0.5, 0.6) is 11.5 Å². The summed E-state index contributed by atoms with van der Waals surface area (Å²) in [6.07, 6.45) is 0. The minimum Gasteiger partial charge on any atom is -0.493 e. The van der Waals surface area contributed by atoms with Crippen LogP contribution in [0, 0.1) is 0 Å². The fourth-order valence-electron chi connectivity index (χ4n) is 1.80. The van der Waals surface area contributed by atoms with E-state index in [0.717, 1.165) is 4.90 Å². The molecule has 2 aromatic rings. The molecule has 0 amide bonds. The molecule has 21 heavy (non-hydrogen) atoms. The second-order valence-corrected chi connectivity index (χ2v) is 5.72. The topological polar surface area (TPSA) is 35.5 Å². The van der Waals surface area contributed by atoms with Crippen LogP contribution in [-0.4, -0.2) is 25.8 Å². The molecular formula is C16H15ClO3S. The van der Waals surface area contributed by atoms with Crippen LogP contribution in [-0.2, 0) is 0 Å². The van der Waals surface area contributed by atoms with E-state index in [4.69, 9.17) is 21.1 Å². The van der Waals surface area contributed by atoms with Crippen LogP contribution in [0.25, 0.3) is 0 Å². The summed E-state index contributed by atoms with van der Waals surface area (Å²) in [4.78, 5) is 13.1. The summed E-state index contributed by atoms with van der Waals surface area (Å²) in [6, 6.07) is 12.6. The highest BCUT2D eigenvalue weighted by Crippen LogP contribution is 2.32. The monoisotopic (exact) mass is 322 g/mol. The number of hydrogen-bond donors (Lipinski definition) is 0. The lowest BCUT2D eigenvalue weighted by atomic mass is 10.1. The first-order valence-electron chi connectivity index (χ1n) is 6.27. The fourth-order valence-corrected chi connectivity index (χ4v) is 2.81. The largest absolute Gasteiger partial charge is 0.493 e. The minimum atomic E-state index is 0.0392. The number of methoxy groups -OCH3 is 2. The lowest BCUT2D eigenvalue weighted by Crippen LogP contribution is -2.02. The summed E-state index contributed by atoms with van der Waals surface area (Å²) in [5.74, 6) is 1.70. The zero-order valence-corrected chi connectivity index (χ0v) is 13.3. The standard InChI is InChI=1S/C16H15ClO3S/c1-19-15-7-6-13(9-16(15)20-2)21-10-14(18)11-4-3-5-12(17)8-11/h3-9H,10H2,1-2H3. The highest BCUT2D eigenvalue weighted by molar-refractivity contribution is 8.00. The molecule has 0 unspecified atom stereocenters. The predicted octanol–water partition coefficient (Wildman–Crippen LogP) is 4.33. The predicted molar refractivity (Wildman–Crippen MR) is 86.1 cm³/mol. The highest BCUT2D eigenvalue weighted by atomic mass is 35.5. The van der Waals surface area contributed by atoms with Gasteiger partial charge in [0.15, 0.2) is 17.3 Å². The van der Waals surface area contributed by atoms with Crippen molar-refractivity contribution >= 4 is 29.1 Å².